The Hall–Kier alpha value is -3.16. The summed E-state index contributed by atoms with van der Waals surface area (Å²) in [5.41, 5.74) is 3.28. The second-order valence-corrected chi connectivity index (χ2v) is 9.26. The smallest absolute Gasteiger partial charge is 0.342 e. The van der Waals surface area contributed by atoms with Crippen LogP contribution < -0.4 is 9.47 Å². The lowest BCUT2D eigenvalue weighted by molar-refractivity contribution is -0.148. The molecule has 198 valence electrons. The second kappa shape index (κ2) is 13.8. The zero-order chi connectivity index (χ0) is 26.8. The van der Waals surface area contributed by atoms with E-state index in [1.165, 1.54) is 7.11 Å². The molecule has 8 nitrogen and oxygen atoms in total. The molecule has 8 heteroatoms. The molecule has 0 saturated heterocycles. The van der Waals surface area contributed by atoms with Gasteiger partial charge in [0.15, 0.2) is 5.75 Å². The minimum absolute atomic E-state index is 0.0935. The highest BCUT2D eigenvalue weighted by molar-refractivity contribution is 5.99. The molecule has 1 aromatic carbocycles. The maximum Gasteiger partial charge on any atom is 0.342 e. The van der Waals surface area contributed by atoms with Crippen molar-refractivity contribution in [2.45, 2.75) is 86.2 Å². The number of unbranched alkanes of at least 4 members (excludes halogenated alkanes) is 1. The molecular formula is C28H38O8. The fourth-order valence-electron chi connectivity index (χ4n) is 3.89. The van der Waals surface area contributed by atoms with Crippen molar-refractivity contribution >= 4 is 23.7 Å². The first-order valence-corrected chi connectivity index (χ1v) is 12.5. The summed E-state index contributed by atoms with van der Waals surface area (Å²) in [6.07, 6.45) is 5.21. The first-order valence-electron chi connectivity index (χ1n) is 12.5. The zero-order valence-electron chi connectivity index (χ0n) is 22.3. The van der Waals surface area contributed by atoms with E-state index in [0.29, 0.717) is 55.4 Å². The Morgan fingerprint density at radius 3 is 2.44 bits per heavy atom. The molecule has 0 N–H and O–H groups in total. The fraction of sp³-hybridized carbons (Fsp3) is 0.571. The maximum absolute atomic E-state index is 12.7. The Bertz CT molecular complexity index is 1020. The predicted molar refractivity (Wildman–Crippen MR) is 134 cm³/mol. The van der Waals surface area contributed by atoms with Gasteiger partial charge in [0.2, 0.25) is 0 Å². The van der Waals surface area contributed by atoms with Crippen LogP contribution in [0.3, 0.4) is 0 Å². The van der Waals surface area contributed by atoms with Crippen molar-refractivity contribution in [3.63, 3.8) is 0 Å². The van der Waals surface area contributed by atoms with Gasteiger partial charge in [0.25, 0.3) is 0 Å². The van der Waals surface area contributed by atoms with Crippen LogP contribution in [0.1, 0.15) is 93.3 Å². The van der Waals surface area contributed by atoms with E-state index in [-0.39, 0.29) is 48.6 Å². The number of benzene rings is 1. The van der Waals surface area contributed by atoms with Crippen LogP contribution in [-0.2, 0) is 36.9 Å². The number of carbonyl (C=O) groups excluding carboxylic acids is 4. The third kappa shape index (κ3) is 7.67. The molecule has 1 aliphatic rings. The van der Waals surface area contributed by atoms with Gasteiger partial charge in [-0.1, -0.05) is 25.5 Å². The number of ketones is 1. The highest BCUT2D eigenvalue weighted by Gasteiger charge is 2.34. The number of fused-ring (bicyclic) bond motifs is 1. The van der Waals surface area contributed by atoms with Gasteiger partial charge < -0.3 is 23.7 Å². The Kier molecular flexibility index (Phi) is 11.1. The summed E-state index contributed by atoms with van der Waals surface area (Å²) in [6, 6.07) is 0. The minimum atomic E-state index is -0.533. The van der Waals surface area contributed by atoms with E-state index >= 15 is 0 Å². The van der Waals surface area contributed by atoms with E-state index in [1.807, 2.05) is 33.8 Å². The third-order valence-electron chi connectivity index (χ3n) is 6.40. The molecule has 0 radical (unpaired) electrons. The molecule has 0 amide bonds. The molecule has 0 saturated carbocycles. The van der Waals surface area contributed by atoms with Gasteiger partial charge in [-0.2, -0.15) is 0 Å². The standard InChI is InChI=1S/C28H38O8/c1-7-18(3)27(31)34-15-9-8-10-23(30)36-26-21(14-12-17(2)11-13-19(4)29)25(33-6)20(5)22-16-35-28(32)24(22)26/h12,18H,7-11,13-16H2,1-6H3/b17-12+. The quantitative estimate of drug-likeness (QED) is 0.148. The summed E-state index contributed by atoms with van der Waals surface area (Å²) < 4.78 is 21.9. The average molecular weight is 503 g/mol. The van der Waals surface area contributed by atoms with Crippen LogP contribution in [0.15, 0.2) is 11.6 Å². The van der Waals surface area contributed by atoms with E-state index in [1.54, 1.807) is 6.92 Å². The highest BCUT2D eigenvalue weighted by atomic mass is 16.6. The summed E-state index contributed by atoms with van der Waals surface area (Å²) in [4.78, 5) is 48.4. The normalized spacial score (nSPS) is 13.6. The summed E-state index contributed by atoms with van der Waals surface area (Å²) in [5, 5.41) is 0. The third-order valence-corrected chi connectivity index (χ3v) is 6.40. The Labute approximate surface area is 213 Å². The summed E-state index contributed by atoms with van der Waals surface area (Å²) in [5.74, 6) is -0.588. The van der Waals surface area contributed by atoms with Crippen LogP contribution in [0, 0.1) is 12.8 Å². The zero-order valence-corrected chi connectivity index (χ0v) is 22.3. The van der Waals surface area contributed by atoms with E-state index in [0.717, 1.165) is 11.1 Å². The SMILES string of the molecule is CCC(C)C(=O)OCCCCC(=O)Oc1c(C/C=C(\C)CCC(C)=O)c(OC)c(C)c2c1C(=O)OC2. The van der Waals surface area contributed by atoms with Crippen LogP contribution in [0.5, 0.6) is 11.5 Å². The monoisotopic (exact) mass is 502 g/mol. The van der Waals surface area contributed by atoms with Crippen molar-refractivity contribution in [2.75, 3.05) is 13.7 Å². The number of hydrogen-bond donors (Lipinski definition) is 0. The number of esters is 3. The number of cyclic esters (lactones) is 1. The van der Waals surface area contributed by atoms with Gasteiger partial charge in [-0.3, -0.25) is 9.59 Å². The van der Waals surface area contributed by atoms with Crippen LogP contribution >= 0.6 is 0 Å². The topological polar surface area (TPSA) is 105 Å². The lowest BCUT2D eigenvalue weighted by Crippen LogP contribution is -2.16. The first-order chi connectivity index (χ1) is 17.1. The van der Waals surface area contributed by atoms with Gasteiger partial charge in [0, 0.05) is 24.0 Å². The van der Waals surface area contributed by atoms with Gasteiger partial charge in [-0.05, 0) is 58.4 Å². The predicted octanol–water partition coefficient (Wildman–Crippen LogP) is 5.20. The van der Waals surface area contributed by atoms with Crippen molar-refractivity contribution in [3.05, 3.63) is 33.9 Å². The van der Waals surface area contributed by atoms with E-state index in [2.05, 4.69) is 0 Å². The van der Waals surface area contributed by atoms with Gasteiger partial charge in [-0.25, -0.2) is 4.79 Å². The molecule has 0 bridgehead atoms. The fourth-order valence-corrected chi connectivity index (χ4v) is 3.89. The number of rotatable bonds is 14. The largest absolute Gasteiger partial charge is 0.496 e. The average Bonchev–Trinajstić information content (AvgIpc) is 3.24. The lowest BCUT2D eigenvalue weighted by atomic mass is 9.94. The van der Waals surface area contributed by atoms with Crippen molar-refractivity contribution in [3.8, 4) is 11.5 Å². The summed E-state index contributed by atoms with van der Waals surface area (Å²) in [6.45, 7) is 9.41. The van der Waals surface area contributed by atoms with E-state index < -0.39 is 11.9 Å². The molecule has 36 heavy (non-hydrogen) atoms. The number of allylic oxidation sites excluding steroid dienone is 2. The van der Waals surface area contributed by atoms with Gasteiger partial charge in [-0.15, -0.1) is 0 Å². The lowest BCUT2D eigenvalue weighted by Gasteiger charge is -2.19. The molecule has 1 heterocycles. The molecule has 0 aromatic heterocycles. The number of methoxy groups -OCH3 is 1. The minimum Gasteiger partial charge on any atom is -0.496 e. The van der Waals surface area contributed by atoms with Gasteiger partial charge >= 0.3 is 17.9 Å². The molecule has 2 rings (SSSR count). The van der Waals surface area contributed by atoms with Crippen LogP contribution in [0.2, 0.25) is 0 Å². The molecule has 1 aromatic rings. The molecular weight excluding hydrogens is 464 g/mol. The van der Waals surface area contributed by atoms with Crippen molar-refractivity contribution in [1.82, 2.24) is 0 Å². The number of carbonyl (C=O) groups is 4. The summed E-state index contributed by atoms with van der Waals surface area (Å²) in [7, 11) is 1.54. The van der Waals surface area contributed by atoms with Gasteiger partial charge in [0.1, 0.15) is 23.7 Å². The number of hydrogen-bond acceptors (Lipinski definition) is 8. The van der Waals surface area contributed by atoms with Crippen molar-refractivity contribution < 1.29 is 38.1 Å². The highest BCUT2D eigenvalue weighted by Crippen LogP contribution is 2.43. The van der Waals surface area contributed by atoms with Crippen molar-refractivity contribution in [1.29, 1.82) is 0 Å². The number of ether oxygens (including phenoxy) is 4. The molecule has 0 spiro atoms. The van der Waals surface area contributed by atoms with Crippen molar-refractivity contribution in [2.24, 2.45) is 5.92 Å². The maximum atomic E-state index is 12.7. The van der Waals surface area contributed by atoms with Crippen LogP contribution in [0.4, 0.5) is 0 Å². The summed E-state index contributed by atoms with van der Waals surface area (Å²) >= 11 is 0. The second-order valence-electron chi connectivity index (χ2n) is 9.26. The molecule has 0 fully saturated rings. The Balaban J connectivity index is 2.19. The Morgan fingerprint density at radius 1 is 1.08 bits per heavy atom. The number of Topliss-reactive ketones (excluding diaryl/α,β-unsaturated/α-hetero) is 1. The van der Waals surface area contributed by atoms with E-state index in [4.69, 9.17) is 18.9 Å². The van der Waals surface area contributed by atoms with Crippen LogP contribution in [-0.4, -0.2) is 37.4 Å². The molecule has 1 unspecified atom stereocenters. The van der Waals surface area contributed by atoms with E-state index in [9.17, 15) is 19.2 Å². The Morgan fingerprint density at radius 2 is 1.81 bits per heavy atom. The molecule has 1 aliphatic heterocycles. The molecule has 0 aliphatic carbocycles. The molecule has 1 atom stereocenters. The first kappa shape index (κ1) is 29.1. The van der Waals surface area contributed by atoms with Crippen LogP contribution in [0.25, 0.3) is 0 Å². The van der Waals surface area contributed by atoms with Gasteiger partial charge in [0.05, 0.1) is 19.6 Å².